The van der Waals surface area contributed by atoms with Crippen molar-refractivity contribution in [3.8, 4) is 11.5 Å². The van der Waals surface area contributed by atoms with Crippen molar-refractivity contribution in [3.05, 3.63) is 74.8 Å². The molecule has 1 saturated carbocycles. The van der Waals surface area contributed by atoms with E-state index in [9.17, 15) is 4.79 Å². The van der Waals surface area contributed by atoms with Crippen molar-refractivity contribution in [2.45, 2.75) is 78.0 Å². The number of hydrogen-bond donors (Lipinski definition) is 1. The fraction of sp³-hybridized carbons (Fsp3) is 0.448. The highest BCUT2D eigenvalue weighted by atomic mass is 16.7. The van der Waals surface area contributed by atoms with Crippen LogP contribution < -0.4 is 15.0 Å². The number of tetrazole rings is 1. The Hall–Kier alpha value is -3.72. The maximum absolute atomic E-state index is 13.3. The van der Waals surface area contributed by atoms with Gasteiger partial charge in [0.2, 0.25) is 6.79 Å². The number of benzene rings is 2. The van der Waals surface area contributed by atoms with Crippen LogP contribution in [-0.2, 0) is 13.1 Å². The fourth-order valence-corrected chi connectivity index (χ4v) is 6.05. The van der Waals surface area contributed by atoms with Crippen LogP contribution in [0.3, 0.4) is 0 Å². The molecule has 1 aliphatic carbocycles. The number of H-pyrrole nitrogens is 1. The standard InChI is InChI=1S/C29H34N6O3/c1-4-24(28-31-32-33-35(28)23-7-5-6-8-23)34(15-20-9-10-25-26(13-20)38-17-37-25)16-22-14-21-12-18(2)11-19(3)27(21)30-29(22)36/h9-14,23-24H,4-8,15-17H2,1-3H3,(H,30,36)/t24-/m1/s1. The van der Waals surface area contributed by atoms with Gasteiger partial charge in [-0.05, 0) is 84.3 Å². The van der Waals surface area contributed by atoms with E-state index < -0.39 is 0 Å². The predicted molar refractivity (Wildman–Crippen MR) is 144 cm³/mol. The molecule has 9 nitrogen and oxygen atoms in total. The van der Waals surface area contributed by atoms with Crippen molar-refractivity contribution in [2.24, 2.45) is 0 Å². The van der Waals surface area contributed by atoms with Crippen molar-refractivity contribution in [1.29, 1.82) is 0 Å². The minimum atomic E-state index is -0.0645. The van der Waals surface area contributed by atoms with Gasteiger partial charge in [0.15, 0.2) is 17.3 Å². The van der Waals surface area contributed by atoms with Crippen LogP contribution in [-0.4, -0.2) is 36.9 Å². The molecule has 0 unspecified atom stereocenters. The zero-order valence-corrected chi connectivity index (χ0v) is 22.2. The minimum Gasteiger partial charge on any atom is -0.454 e. The van der Waals surface area contributed by atoms with Crippen LogP contribution in [0.4, 0.5) is 0 Å². The third-order valence-electron chi connectivity index (χ3n) is 7.88. The number of ether oxygens (including phenoxy) is 2. The SMILES string of the molecule is CC[C@H](c1nnnn1C1CCCC1)N(Cc1ccc2c(c1)OCO2)Cc1cc2cc(C)cc(C)c2[nH]c1=O. The number of aromatic nitrogens is 5. The average Bonchev–Trinajstić information content (AvgIpc) is 3.67. The summed E-state index contributed by atoms with van der Waals surface area (Å²) < 4.78 is 13.2. The molecular weight excluding hydrogens is 480 g/mol. The summed E-state index contributed by atoms with van der Waals surface area (Å²) >= 11 is 0. The van der Waals surface area contributed by atoms with Gasteiger partial charge in [0.25, 0.3) is 5.56 Å². The van der Waals surface area contributed by atoms with Gasteiger partial charge in [0, 0.05) is 18.7 Å². The van der Waals surface area contributed by atoms with Crippen LogP contribution in [0.15, 0.2) is 41.2 Å². The number of nitrogens with zero attached hydrogens (tertiary/aromatic N) is 5. The third-order valence-corrected chi connectivity index (χ3v) is 7.88. The van der Waals surface area contributed by atoms with Gasteiger partial charge < -0.3 is 14.5 Å². The Bertz CT molecular complexity index is 1520. The minimum absolute atomic E-state index is 0.0645. The Balaban J connectivity index is 1.40. The lowest BCUT2D eigenvalue weighted by molar-refractivity contribution is 0.158. The number of aromatic amines is 1. The van der Waals surface area contributed by atoms with E-state index in [1.54, 1.807) is 0 Å². The summed E-state index contributed by atoms with van der Waals surface area (Å²) in [7, 11) is 0. The second-order valence-corrected chi connectivity index (χ2v) is 10.6. The summed E-state index contributed by atoms with van der Waals surface area (Å²) in [4.78, 5) is 18.8. The smallest absolute Gasteiger partial charge is 0.252 e. The highest BCUT2D eigenvalue weighted by Gasteiger charge is 2.30. The zero-order chi connectivity index (χ0) is 26.2. The van der Waals surface area contributed by atoms with E-state index in [4.69, 9.17) is 9.47 Å². The number of fused-ring (bicyclic) bond motifs is 2. The topological polar surface area (TPSA) is 98.2 Å². The van der Waals surface area contributed by atoms with Crippen LogP contribution in [0.2, 0.25) is 0 Å². The summed E-state index contributed by atoms with van der Waals surface area (Å²) in [6.45, 7) is 7.58. The molecule has 198 valence electrons. The van der Waals surface area contributed by atoms with Crippen molar-refractivity contribution < 1.29 is 9.47 Å². The maximum Gasteiger partial charge on any atom is 0.252 e. The Labute approximate surface area is 221 Å². The molecule has 1 fully saturated rings. The second-order valence-electron chi connectivity index (χ2n) is 10.6. The van der Waals surface area contributed by atoms with Crippen LogP contribution >= 0.6 is 0 Å². The van der Waals surface area contributed by atoms with Gasteiger partial charge >= 0.3 is 0 Å². The Kier molecular flexibility index (Phi) is 6.61. The molecule has 9 heteroatoms. The van der Waals surface area contributed by atoms with Crippen molar-refractivity contribution >= 4 is 10.9 Å². The predicted octanol–water partition coefficient (Wildman–Crippen LogP) is 5.13. The van der Waals surface area contributed by atoms with Crippen LogP contribution in [0.25, 0.3) is 10.9 Å². The van der Waals surface area contributed by atoms with E-state index >= 15 is 0 Å². The monoisotopic (exact) mass is 514 g/mol. The summed E-state index contributed by atoms with van der Waals surface area (Å²) in [6.07, 6.45) is 5.40. The van der Waals surface area contributed by atoms with Crippen LogP contribution in [0.5, 0.6) is 11.5 Å². The van der Waals surface area contributed by atoms with E-state index in [1.807, 2.05) is 29.8 Å². The molecule has 0 amide bonds. The average molecular weight is 515 g/mol. The first-order chi connectivity index (χ1) is 18.5. The second kappa shape index (κ2) is 10.2. The van der Waals surface area contributed by atoms with E-state index in [1.165, 1.54) is 18.4 Å². The van der Waals surface area contributed by atoms with Gasteiger partial charge in [0.05, 0.1) is 17.6 Å². The van der Waals surface area contributed by atoms with E-state index in [0.29, 0.717) is 19.1 Å². The van der Waals surface area contributed by atoms with Gasteiger partial charge in [0.1, 0.15) is 0 Å². The van der Waals surface area contributed by atoms with Crippen molar-refractivity contribution in [2.75, 3.05) is 6.79 Å². The molecule has 2 aliphatic rings. The first-order valence-corrected chi connectivity index (χ1v) is 13.5. The number of aryl methyl sites for hydroxylation is 2. The molecule has 1 N–H and O–H groups in total. The molecule has 4 aromatic rings. The Morgan fingerprint density at radius 3 is 2.71 bits per heavy atom. The number of pyridine rings is 1. The van der Waals surface area contributed by atoms with Crippen molar-refractivity contribution in [3.63, 3.8) is 0 Å². The van der Waals surface area contributed by atoms with Gasteiger partial charge in [-0.2, -0.15) is 0 Å². The van der Waals surface area contributed by atoms with Crippen LogP contribution in [0.1, 0.15) is 79.2 Å². The highest BCUT2D eigenvalue weighted by Crippen LogP contribution is 2.36. The molecule has 0 radical (unpaired) electrons. The third kappa shape index (κ3) is 4.67. The molecule has 0 spiro atoms. The summed E-state index contributed by atoms with van der Waals surface area (Å²) in [5.74, 6) is 2.37. The van der Waals surface area contributed by atoms with Crippen LogP contribution in [0, 0.1) is 13.8 Å². The molecule has 38 heavy (non-hydrogen) atoms. The van der Waals surface area contributed by atoms with Gasteiger partial charge in [-0.25, -0.2) is 4.68 Å². The molecule has 1 atom stereocenters. The normalized spacial score (nSPS) is 16.1. The molecule has 2 aromatic carbocycles. The lowest BCUT2D eigenvalue weighted by Gasteiger charge is -2.31. The summed E-state index contributed by atoms with van der Waals surface area (Å²) in [6, 6.07) is 12.6. The lowest BCUT2D eigenvalue weighted by atomic mass is 10.0. The highest BCUT2D eigenvalue weighted by molar-refractivity contribution is 5.82. The number of hydrogen-bond acceptors (Lipinski definition) is 7. The molecule has 2 aromatic heterocycles. The quantitative estimate of drug-likeness (QED) is 0.348. The molecular formula is C29H34N6O3. The maximum atomic E-state index is 13.3. The van der Waals surface area contributed by atoms with E-state index in [-0.39, 0.29) is 18.4 Å². The molecule has 6 rings (SSSR count). The van der Waals surface area contributed by atoms with Gasteiger partial charge in [-0.3, -0.25) is 9.69 Å². The van der Waals surface area contributed by atoms with E-state index in [2.05, 4.69) is 57.5 Å². The largest absolute Gasteiger partial charge is 0.454 e. The van der Waals surface area contributed by atoms with E-state index in [0.717, 1.165) is 64.2 Å². The molecule has 1 aliphatic heterocycles. The molecule has 0 bridgehead atoms. The first-order valence-electron chi connectivity index (χ1n) is 13.5. The summed E-state index contributed by atoms with van der Waals surface area (Å²) in [5, 5.41) is 14.1. The summed E-state index contributed by atoms with van der Waals surface area (Å²) in [5.41, 5.74) is 4.88. The number of rotatable bonds is 8. The number of nitrogens with one attached hydrogen (secondary N) is 1. The zero-order valence-electron chi connectivity index (χ0n) is 22.2. The van der Waals surface area contributed by atoms with Gasteiger partial charge in [-0.15, -0.1) is 5.10 Å². The van der Waals surface area contributed by atoms with Crippen molar-refractivity contribution in [1.82, 2.24) is 30.1 Å². The fourth-order valence-electron chi connectivity index (χ4n) is 6.05. The first kappa shape index (κ1) is 24.6. The molecule has 3 heterocycles. The Morgan fingerprint density at radius 2 is 1.89 bits per heavy atom. The lowest BCUT2D eigenvalue weighted by Crippen LogP contribution is -2.32. The Morgan fingerprint density at radius 1 is 1.08 bits per heavy atom. The van der Waals surface area contributed by atoms with Gasteiger partial charge in [-0.1, -0.05) is 37.5 Å². The molecule has 0 saturated heterocycles.